The van der Waals surface area contributed by atoms with E-state index < -0.39 is 22.6 Å². The summed E-state index contributed by atoms with van der Waals surface area (Å²) in [5, 5.41) is 9.42. The van der Waals surface area contributed by atoms with Gasteiger partial charge < -0.3 is 24.5 Å². The second-order valence-corrected chi connectivity index (χ2v) is 12.6. The number of ether oxygens (including phenoxy) is 1. The van der Waals surface area contributed by atoms with Crippen LogP contribution in [0.5, 0.6) is 5.75 Å². The third kappa shape index (κ3) is 5.13. The number of unbranched alkanes of at least 4 members (excludes halogenated alkanes) is 1. The van der Waals surface area contributed by atoms with Gasteiger partial charge in [0.1, 0.15) is 11.8 Å². The van der Waals surface area contributed by atoms with Gasteiger partial charge in [0, 0.05) is 42.9 Å². The van der Waals surface area contributed by atoms with Gasteiger partial charge in [-0.3, -0.25) is 14.4 Å². The molecule has 3 aliphatic heterocycles. The van der Waals surface area contributed by atoms with Crippen LogP contribution in [-0.4, -0.2) is 77.1 Å². The number of nitrogens with zero attached hydrogens (tertiary/aromatic N) is 3. The summed E-state index contributed by atoms with van der Waals surface area (Å²) in [7, 11) is 1.59. The van der Waals surface area contributed by atoms with Crippen LogP contribution in [0.2, 0.25) is 0 Å². The molecule has 3 fully saturated rings. The molecule has 0 saturated carbocycles. The molecule has 0 radical (unpaired) electrons. The fourth-order valence-electron chi connectivity index (χ4n) is 6.95. The molecule has 5 rings (SSSR count). The number of fused-ring (bicyclic) bond motifs is 1. The van der Waals surface area contributed by atoms with Crippen LogP contribution < -0.4 is 14.5 Å². The lowest BCUT2D eigenvalue weighted by Gasteiger charge is -2.37. The molecule has 1 spiro atoms. The number of anilines is 2. The molecule has 2 bridgehead atoms. The van der Waals surface area contributed by atoms with Gasteiger partial charge in [-0.1, -0.05) is 30.4 Å². The molecule has 222 valence electrons. The third-order valence-electron chi connectivity index (χ3n) is 8.73. The van der Waals surface area contributed by atoms with E-state index in [1.54, 1.807) is 57.9 Å². The Kier molecular flexibility index (Phi) is 9.08. The SMILES string of the molecule is C=CCN(C(=O)C1N(CCCCO)C(=O)[C@@H]2[C@@H](C(=O)N(CC=C)c3ccccc3)[C@H]3CCC12S3)c1ccc(OC)cc1. The van der Waals surface area contributed by atoms with Crippen LogP contribution in [0.4, 0.5) is 11.4 Å². The largest absolute Gasteiger partial charge is 0.497 e. The van der Waals surface area contributed by atoms with Crippen LogP contribution >= 0.6 is 11.8 Å². The molecule has 0 aromatic heterocycles. The number of hydrogen-bond donors (Lipinski definition) is 1. The Hall–Kier alpha value is -3.56. The van der Waals surface area contributed by atoms with E-state index in [2.05, 4.69) is 13.2 Å². The molecule has 3 saturated heterocycles. The number of aliphatic hydroxyl groups is 1. The molecule has 2 unspecified atom stereocenters. The van der Waals surface area contributed by atoms with Gasteiger partial charge in [0.05, 0.1) is 23.7 Å². The number of carbonyl (C=O) groups is 3. The van der Waals surface area contributed by atoms with E-state index in [0.717, 1.165) is 12.1 Å². The van der Waals surface area contributed by atoms with E-state index in [9.17, 15) is 19.5 Å². The van der Waals surface area contributed by atoms with E-state index in [-0.39, 0.29) is 36.1 Å². The minimum Gasteiger partial charge on any atom is -0.497 e. The molecule has 3 amide bonds. The fourth-order valence-corrected chi connectivity index (χ4v) is 9.16. The predicted octanol–water partition coefficient (Wildman–Crippen LogP) is 4.30. The Bertz CT molecular complexity index is 1320. The minimum atomic E-state index is -0.729. The lowest BCUT2D eigenvalue weighted by atomic mass is 9.70. The topological polar surface area (TPSA) is 90.4 Å². The van der Waals surface area contributed by atoms with Gasteiger partial charge in [0.2, 0.25) is 11.8 Å². The first kappa shape index (κ1) is 29.9. The normalized spacial score (nSPS) is 25.7. The van der Waals surface area contributed by atoms with Crippen molar-refractivity contribution in [1.82, 2.24) is 4.90 Å². The number of para-hydroxylation sites is 1. The van der Waals surface area contributed by atoms with Gasteiger partial charge >= 0.3 is 0 Å². The zero-order valence-electron chi connectivity index (χ0n) is 24.1. The predicted molar refractivity (Wildman–Crippen MR) is 167 cm³/mol. The zero-order chi connectivity index (χ0) is 29.9. The summed E-state index contributed by atoms with van der Waals surface area (Å²) in [5.74, 6) is -0.872. The second-order valence-electron chi connectivity index (χ2n) is 11.0. The van der Waals surface area contributed by atoms with Crippen LogP contribution in [0.25, 0.3) is 0 Å². The summed E-state index contributed by atoms with van der Waals surface area (Å²) in [6.07, 6.45) is 5.93. The Balaban J connectivity index is 1.54. The summed E-state index contributed by atoms with van der Waals surface area (Å²) in [6, 6.07) is 16.0. The summed E-state index contributed by atoms with van der Waals surface area (Å²) < 4.78 is 4.60. The molecule has 5 atom stereocenters. The highest BCUT2D eigenvalue weighted by Crippen LogP contribution is 2.66. The Morgan fingerprint density at radius 1 is 1.02 bits per heavy atom. The number of carbonyl (C=O) groups excluding carboxylic acids is 3. The average Bonchev–Trinajstić information content (AvgIpc) is 3.66. The highest BCUT2D eigenvalue weighted by atomic mass is 32.2. The summed E-state index contributed by atoms with van der Waals surface area (Å²) in [5.41, 5.74) is 1.45. The summed E-state index contributed by atoms with van der Waals surface area (Å²) in [4.78, 5) is 48.4. The van der Waals surface area contributed by atoms with Crippen molar-refractivity contribution in [2.45, 2.75) is 41.7 Å². The Morgan fingerprint density at radius 3 is 2.29 bits per heavy atom. The molecular formula is C33H39N3O5S. The molecule has 2 aromatic rings. The maximum absolute atomic E-state index is 14.6. The van der Waals surface area contributed by atoms with Gasteiger partial charge in [0.15, 0.2) is 0 Å². The number of rotatable bonds is 13. The van der Waals surface area contributed by atoms with Crippen LogP contribution in [0, 0.1) is 11.8 Å². The van der Waals surface area contributed by atoms with Crippen molar-refractivity contribution in [3.63, 3.8) is 0 Å². The standard InChI is InChI=1S/C33H39N3O5S/c1-4-19-34(23-11-7-6-8-12-23)30(38)27-26-17-18-33(42-26)28(27)31(39)36(21-9-10-22-37)29(33)32(40)35(20-5-2)24-13-15-25(41-3)16-14-24/h4-8,11-16,26-29,37H,1-2,9-10,17-22H2,3H3/t26-,27+,28+,29?,33?/m1/s1. The molecule has 2 aromatic carbocycles. The van der Waals surface area contributed by atoms with Crippen molar-refractivity contribution in [3.8, 4) is 5.75 Å². The first-order valence-electron chi connectivity index (χ1n) is 14.5. The quantitative estimate of drug-likeness (QED) is 0.277. The lowest BCUT2D eigenvalue weighted by molar-refractivity contribution is -0.139. The molecule has 0 aliphatic carbocycles. The van der Waals surface area contributed by atoms with Gasteiger partial charge in [-0.05, 0) is 62.1 Å². The van der Waals surface area contributed by atoms with E-state index in [4.69, 9.17) is 4.74 Å². The number of benzene rings is 2. The van der Waals surface area contributed by atoms with Crippen LogP contribution in [-0.2, 0) is 14.4 Å². The van der Waals surface area contributed by atoms with Crippen LogP contribution in [0.15, 0.2) is 79.9 Å². The van der Waals surface area contributed by atoms with Gasteiger partial charge in [0.25, 0.3) is 5.91 Å². The van der Waals surface area contributed by atoms with Crippen molar-refractivity contribution in [2.24, 2.45) is 11.8 Å². The highest BCUT2D eigenvalue weighted by Gasteiger charge is 2.74. The minimum absolute atomic E-state index is 0.00910. The average molecular weight is 590 g/mol. The molecule has 8 nitrogen and oxygen atoms in total. The zero-order valence-corrected chi connectivity index (χ0v) is 24.9. The number of amides is 3. The number of methoxy groups -OCH3 is 1. The highest BCUT2D eigenvalue weighted by molar-refractivity contribution is 8.02. The van der Waals surface area contributed by atoms with Crippen molar-refractivity contribution in [1.29, 1.82) is 0 Å². The van der Waals surface area contributed by atoms with Crippen molar-refractivity contribution >= 4 is 40.9 Å². The number of aliphatic hydroxyl groups excluding tert-OH is 1. The number of hydrogen-bond acceptors (Lipinski definition) is 6. The van der Waals surface area contributed by atoms with E-state index in [1.807, 2.05) is 42.5 Å². The van der Waals surface area contributed by atoms with Gasteiger partial charge in [-0.2, -0.15) is 0 Å². The molecule has 3 aliphatic rings. The van der Waals surface area contributed by atoms with Gasteiger partial charge in [-0.25, -0.2) is 0 Å². The van der Waals surface area contributed by atoms with Crippen molar-refractivity contribution in [3.05, 3.63) is 79.9 Å². The van der Waals surface area contributed by atoms with E-state index in [1.165, 1.54) is 0 Å². The number of likely N-dealkylation sites (tertiary alicyclic amines) is 1. The molecule has 1 N–H and O–H groups in total. The summed E-state index contributed by atoms with van der Waals surface area (Å²) in [6.45, 7) is 8.72. The van der Waals surface area contributed by atoms with Crippen LogP contribution in [0.1, 0.15) is 25.7 Å². The third-order valence-corrected chi connectivity index (χ3v) is 10.7. The van der Waals surface area contributed by atoms with Crippen molar-refractivity contribution in [2.75, 3.05) is 43.2 Å². The van der Waals surface area contributed by atoms with Crippen molar-refractivity contribution < 1.29 is 24.2 Å². The maximum atomic E-state index is 14.6. The smallest absolute Gasteiger partial charge is 0.251 e. The number of thioether (sulfide) groups is 1. The molecule has 3 heterocycles. The molecule has 9 heteroatoms. The maximum Gasteiger partial charge on any atom is 0.251 e. The summed E-state index contributed by atoms with van der Waals surface area (Å²) >= 11 is 1.66. The van der Waals surface area contributed by atoms with Crippen LogP contribution in [0.3, 0.4) is 0 Å². The monoisotopic (exact) mass is 589 g/mol. The fraction of sp³-hybridized carbons (Fsp3) is 0.424. The van der Waals surface area contributed by atoms with E-state index >= 15 is 0 Å². The van der Waals surface area contributed by atoms with Gasteiger partial charge in [-0.15, -0.1) is 24.9 Å². The Morgan fingerprint density at radius 2 is 1.67 bits per heavy atom. The first-order chi connectivity index (χ1) is 20.4. The molecule has 42 heavy (non-hydrogen) atoms. The lowest BCUT2D eigenvalue weighted by Crippen LogP contribution is -2.55. The second kappa shape index (κ2) is 12.8. The first-order valence-corrected chi connectivity index (χ1v) is 15.4. The molecular weight excluding hydrogens is 550 g/mol. The Labute approximate surface area is 252 Å². The van der Waals surface area contributed by atoms with E-state index in [0.29, 0.717) is 43.8 Å².